The topological polar surface area (TPSA) is 47.3 Å². The van der Waals surface area contributed by atoms with Gasteiger partial charge in [0.2, 0.25) is 4.96 Å². The number of benzene rings is 2. The lowest BCUT2D eigenvalue weighted by molar-refractivity contribution is 0.901. The summed E-state index contributed by atoms with van der Waals surface area (Å²) in [5.74, 6) is 0. The molecule has 0 fully saturated rings. The maximum absolute atomic E-state index is 12.3. The highest BCUT2D eigenvalue weighted by molar-refractivity contribution is 7.19. The van der Waals surface area contributed by atoms with Crippen molar-refractivity contribution >= 4 is 40.1 Å². The minimum atomic E-state index is -0.206. The summed E-state index contributed by atoms with van der Waals surface area (Å²) in [7, 11) is 0. The predicted octanol–water partition coefficient (Wildman–Crippen LogP) is 4.64. The largest absolute Gasteiger partial charge is 0.275 e. The van der Waals surface area contributed by atoms with Crippen molar-refractivity contribution in [2.75, 3.05) is 0 Å². The predicted molar refractivity (Wildman–Crippen MR) is 103 cm³/mol. The smallest absolute Gasteiger partial charge is 0.267 e. The van der Waals surface area contributed by atoms with Gasteiger partial charge in [0, 0.05) is 16.7 Å². The van der Waals surface area contributed by atoms with Crippen LogP contribution < -0.4 is 5.56 Å². The summed E-state index contributed by atoms with van der Waals surface area (Å²) < 4.78 is 1.32. The number of nitrogens with zero attached hydrogens (tertiary/aromatic N) is 3. The van der Waals surface area contributed by atoms with E-state index in [1.165, 1.54) is 21.9 Å². The molecule has 25 heavy (non-hydrogen) atoms. The molecule has 0 saturated carbocycles. The Morgan fingerprint density at radius 1 is 1.00 bits per heavy atom. The molecular weight excluding hydrogens is 354 g/mol. The second-order valence-electron chi connectivity index (χ2n) is 5.38. The van der Waals surface area contributed by atoms with Gasteiger partial charge in [-0.1, -0.05) is 71.5 Å². The monoisotopic (exact) mass is 365 g/mol. The quantitative estimate of drug-likeness (QED) is 0.531. The fraction of sp³-hybridized carbons (Fsp3) is 0. The highest BCUT2D eigenvalue weighted by atomic mass is 35.5. The molecule has 0 N–H and O–H groups in total. The van der Waals surface area contributed by atoms with Gasteiger partial charge in [-0.05, 0) is 23.8 Å². The van der Waals surface area contributed by atoms with E-state index in [4.69, 9.17) is 11.6 Å². The Hall–Kier alpha value is -2.76. The zero-order valence-corrected chi connectivity index (χ0v) is 14.5. The zero-order valence-electron chi connectivity index (χ0n) is 13.0. The standard InChI is InChI=1S/C19H12ClN3OS/c20-15-8-4-7-14(11-15)18-22-23-17(24)12-16(21-19(23)25-18)10-9-13-5-2-1-3-6-13/h1-12H/b10-9+. The molecule has 2 heterocycles. The highest BCUT2D eigenvalue weighted by Gasteiger charge is 2.10. The van der Waals surface area contributed by atoms with Crippen LogP contribution in [0.4, 0.5) is 0 Å². The van der Waals surface area contributed by atoms with Gasteiger partial charge in [0.25, 0.3) is 5.56 Å². The minimum Gasteiger partial charge on any atom is -0.267 e. The van der Waals surface area contributed by atoms with E-state index >= 15 is 0 Å². The molecule has 4 rings (SSSR count). The van der Waals surface area contributed by atoms with Crippen LogP contribution in [-0.2, 0) is 0 Å². The molecule has 2 aromatic carbocycles. The third kappa shape index (κ3) is 3.38. The summed E-state index contributed by atoms with van der Waals surface area (Å²) in [5.41, 5.74) is 2.31. The van der Waals surface area contributed by atoms with Crippen molar-refractivity contribution in [3.63, 3.8) is 0 Å². The number of halogens is 1. The van der Waals surface area contributed by atoms with Crippen LogP contribution in [0.2, 0.25) is 5.02 Å². The van der Waals surface area contributed by atoms with E-state index in [1.807, 2.05) is 60.7 Å². The molecule has 4 aromatic rings. The number of rotatable bonds is 3. The molecule has 0 amide bonds. The average Bonchev–Trinajstić information content (AvgIpc) is 3.06. The third-order valence-corrected chi connectivity index (χ3v) is 4.78. The molecular formula is C19H12ClN3OS. The first-order valence-electron chi connectivity index (χ1n) is 7.59. The second kappa shape index (κ2) is 6.63. The van der Waals surface area contributed by atoms with Crippen molar-refractivity contribution in [2.24, 2.45) is 0 Å². The van der Waals surface area contributed by atoms with Gasteiger partial charge in [-0.3, -0.25) is 4.79 Å². The summed E-state index contributed by atoms with van der Waals surface area (Å²) >= 11 is 7.39. The molecule has 0 aliphatic carbocycles. The van der Waals surface area contributed by atoms with Gasteiger partial charge in [0.05, 0.1) is 5.69 Å². The minimum absolute atomic E-state index is 0.206. The summed E-state index contributed by atoms with van der Waals surface area (Å²) in [4.78, 5) is 17.4. The number of hydrogen-bond acceptors (Lipinski definition) is 4. The Morgan fingerprint density at radius 2 is 1.84 bits per heavy atom. The normalized spacial score (nSPS) is 11.4. The van der Waals surface area contributed by atoms with Gasteiger partial charge in [0.15, 0.2) is 0 Å². The number of hydrogen-bond donors (Lipinski definition) is 0. The summed E-state index contributed by atoms with van der Waals surface area (Å²) in [5, 5.41) is 5.69. The van der Waals surface area contributed by atoms with Crippen LogP contribution in [0, 0.1) is 0 Å². The van der Waals surface area contributed by atoms with Gasteiger partial charge in [-0.25, -0.2) is 4.98 Å². The van der Waals surface area contributed by atoms with Crippen LogP contribution in [-0.4, -0.2) is 14.6 Å². The Bertz CT molecular complexity index is 1130. The molecule has 0 spiro atoms. The molecule has 0 saturated heterocycles. The summed E-state index contributed by atoms with van der Waals surface area (Å²) in [6, 6.07) is 18.7. The van der Waals surface area contributed by atoms with Gasteiger partial charge < -0.3 is 0 Å². The van der Waals surface area contributed by atoms with Crippen molar-refractivity contribution in [2.45, 2.75) is 0 Å². The van der Waals surface area contributed by atoms with Crippen LogP contribution in [0.25, 0.3) is 27.7 Å². The zero-order chi connectivity index (χ0) is 17.2. The molecule has 0 radical (unpaired) electrons. The first kappa shape index (κ1) is 15.7. The van der Waals surface area contributed by atoms with Crippen LogP contribution >= 0.6 is 22.9 Å². The lowest BCUT2D eigenvalue weighted by Crippen LogP contribution is -2.14. The van der Waals surface area contributed by atoms with Gasteiger partial charge >= 0.3 is 0 Å². The maximum atomic E-state index is 12.3. The first-order chi connectivity index (χ1) is 12.2. The fourth-order valence-corrected chi connectivity index (χ4v) is 3.50. The van der Waals surface area contributed by atoms with Crippen LogP contribution in [0.3, 0.4) is 0 Å². The van der Waals surface area contributed by atoms with Crippen LogP contribution in [0.5, 0.6) is 0 Å². The Morgan fingerprint density at radius 3 is 2.64 bits per heavy atom. The number of aromatic nitrogens is 3. The van der Waals surface area contributed by atoms with E-state index < -0.39 is 0 Å². The van der Waals surface area contributed by atoms with Crippen molar-refractivity contribution in [3.05, 3.63) is 87.3 Å². The average molecular weight is 366 g/mol. The van der Waals surface area contributed by atoms with E-state index in [1.54, 1.807) is 6.07 Å². The molecule has 2 aromatic heterocycles. The van der Waals surface area contributed by atoms with E-state index in [0.29, 0.717) is 20.7 Å². The van der Waals surface area contributed by atoms with Crippen molar-refractivity contribution in [3.8, 4) is 10.6 Å². The SMILES string of the molecule is O=c1cc(/C=C/c2ccccc2)nc2sc(-c3cccc(Cl)c3)nn12. The van der Waals surface area contributed by atoms with Crippen molar-refractivity contribution in [1.29, 1.82) is 0 Å². The molecule has 0 bridgehead atoms. The fourth-order valence-electron chi connectivity index (χ4n) is 2.40. The lowest BCUT2D eigenvalue weighted by Gasteiger charge is -1.94. The lowest BCUT2D eigenvalue weighted by atomic mass is 10.2. The van der Waals surface area contributed by atoms with Crippen LogP contribution in [0.15, 0.2) is 65.5 Å². The van der Waals surface area contributed by atoms with Crippen molar-refractivity contribution in [1.82, 2.24) is 14.6 Å². The van der Waals surface area contributed by atoms with Gasteiger partial charge in [-0.2, -0.15) is 9.61 Å². The first-order valence-corrected chi connectivity index (χ1v) is 8.78. The molecule has 0 unspecified atom stereocenters. The van der Waals surface area contributed by atoms with E-state index in [9.17, 15) is 4.79 Å². The molecule has 0 aliphatic heterocycles. The number of fused-ring (bicyclic) bond motifs is 1. The van der Waals surface area contributed by atoms with Crippen molar-refractivity contribution < 1.29 is 0 Å². The Balaban J connectivity index is 1.75. The summed E-state index contributed by atoms with van der Waals surface area (Å²) in [6.07, 6.45) is 3.76. The molecule has 4 nitrogen and oxygen atoms in total. The van der Waals surface area contributed by atoms with Gasteiger partial charge in [-0.15, -0.1) is 0 Å². The second-order valence-corrected chi connectivity index (χ2v) is 6.77. The highest BCUT2D eigenvalue weighted by Crippen LogP contribution is 2.26. The molecule has 6 heteroatoms. The molecule has 0 aliphatic rings. The van der Waals surface area contributed by atoms with Crippen LogP contribution in [0.1, 0.15) is 11.3 Å². The van der Waals surface area contributed by atoms with Gasteiger partial charge in [0.1, 0.15) is 5.01 Å². The summed E-state index contributed by atoms with van der Waals surface area (Å²) in [6.45, 7) is 0. The van der Waals surface area contributed by atoms with E-state index in [0.717, 1.165) is 11.1 Å². The maximum Gasteiger partial charge on any atom is 0.275 e. The molecule has 122 valence electrons. The Kier molecular flexibility index (Phi) is 4.17. The van der Waals surface area contributed by atoms with E-state index in [-0.39, 0.29) is 5.56 Å². The molecule has 0 atom stereocenters. The van der Waals surface area contributed by atoms with E-state index in [2.05, 4.69) is 10.1 Å². The Labute approximate surface area is 152 Å². The third-order valence-electron chi connectivity index (χ3n) is 3.58.